The number of halogens is 3. The molecule has 190 valence electrons. The number of carboxylic acids is 1. The Bertz CT molecular complexity index is 1450. The van der Waals surface area contributed by atoms with Gasteiger partial charge in [-0.2, -0.15) is 13.2 Å². The number of pyridine rings is 1. The van der Waals surface area contributed by atoms with Gasteiger partial charge in [-0.15, -0.1) is 0 Å². The van der Waals surface area contributed by atoms with Gasteiger partial charge in [-0.3, -0.25) is 4.79 Å². The van der Waals surface area contributed by atoms with E-state index < -0.39 is 23.1 Å². The third kappa shape index (κ3) is 4.76. The van der Waals surface area contributed by atoms with Gasteiger partial charge in [0.1, 0.15) is 12.0 Å². The van der Waals surface area contributed by atoms with Crippen LogP contribution < -0.4 is 4.74 Å². The zero-order valence-electron chi connectivity index (χ0n) is 19.7. The van der Waals surface area contributed by atoms with E-state index in [4.69, 9.17) is 4.74 Å². The number of aromatic amines is 1. The zero-order chi connectivity index (χ0) is 26.2. The first-order chi connectivity index (χ1) is 17.7. The maximum atomic E-state index is 13.4. The van der Waals surface area contributed by atoms with Crippen LogP contribution in [0.25, 0.3) is 34.0 Å². The quantitative estimate of drug-likeness (QED) is 0.335. The minimum absolute atomic E-state index is 0.0130. The number of imidazole rings is 1. The summed E-state index contributed by atoms with van der Waals surface area (Å²) in [4.78, 5) is 31.5. The summed E-state index contributed by atoms with van der Waals surface area (Å²) >= 11 is 0. The molecule has 0 aliphatic heterocycles. The van der Waals surface area contributed by atoms with E-state index in [9.17, 15) is 23.1 Å². The molecule has 5 rings (SSSR count). The number of nitrogens with one attached hydrogen (secondary N) is 1. The first-order valence-electron chi connectivity index (χ1n) is 11.5. The van der Waals surface area contributed by atoms with Crippen LogP contribution in [-0.2, 0) is 11.0 Å². The molecule has 3 aromatic heterocycles. The van der Waals surface area contributed by atoms with E-state index in [1.54, 1.807) is 24.7 Å². The largest absolute Gasteiger partial charge is 0.481 e. The van der Waals surface area contributed by atoms with Crippen molar-refractivity contribution in [2.45, 2.75) is 32.4 Å². The van der Waals surface area contributed by atoms with Crippen molar-refractivity contribution in [1.29, 1.82) is 0 Å². The van der Waals surface area contributed by atoms with Crippen LogP contribution in [0, 0.1) is 12.3 Å². The van der Waals surface area contributed by atoms with E-state index in [0.717, 1.165) is 23.6 Å². The molecule has 1 aliphatic carbocycles. The van der Waals surface area contributed by atoms with Crippen molar-refractivity contribution in [2.75, 3.05) is 6.61 Å². The SMILES string of the molecule is Cc1cc(OCC2(C(=O)O)CCC2)ncc1-c1cnc(-c2ncc(-c3ccccc3C(F)(F)F)[nH]2)nc1. The van der Waals surface area contributed by atoms with Gasteiger partial charge in [0.2, 0.25) is 5.88 Å². The van der Waals surface area contributed by atoms with E-state index in [2.05, 4.69) is 24.9 Å². The smallest absolute Gasteiger partial charge is 0.417 e. The van der Waals surface area contributed by atoms with Gasteiger partial charge < -0.3 is 14.8 Å². The highest BCUT2D eigenvalue weighted by Gasteiger charge is 2.45. The normalized spacial score (nSPS) is 14.7. The molecule has 4 aromatic rings. The van der Waals surface area contributed by atoms with Gasteiger partial charge in [-0.25, -0.2) is 19.9 Å². The number of alkyl halides is 3. The molecule has 1 aliphatic rings. The first kappa shape index (κ1) is 24.4. The Morgan fingerprint density at radius 2 is 1.78 bits per heavy atom. The third-order valence-electron chi connectivity index (χ3n) is 6.62. The monoisotopic (exact) mass is 509 g/mol. The summed E-state index contributed by atoms with van der Waals surface area (Å²) in [5.74, 6) is -0.0452. The van der Waals surface area contributed by atoms with Crippen molar-refractivity contribution in [3.63, 3.8) is 0 Å². The van der Waals surface area contributed by atoms with Gasteiger partial charge in [0.15, 0.2) is 11.6 Å². The third-order valence-corrected chi connectivity index (χ3v) is 6.62. The lowest BCUT2D eigenvalue weighted by molar-refractivity contribution is -0.157. The minimum atomic E-state index is -4.50. The average Bonchev–Trinajstić information content (AvgIpc) is 3.33. The number of carbonyl (C=O) groups is 1. The number of hydrogen-bond donors (Lipinski definition) is 2. The molecule has 0 amide bonds. The van der Waals surface area contributed by atoms with Gasteiger partial charge in [0.05, 0.1) is 17.5 Å². The van der Waals surface area contributed by atoms with Crippen LogP contribution in [0.5, 0.6) is 5.88 Å². The molecule has 1 aromatic carbocycles. The topological polar surface area (TPSA) is 114 Å². The molecule has 3 heterocycles. The molecule has 0 bridgehead atoms. The number of H-pyrrole nitrogens is 1. The standard InChI is InChI=1S/C26H22F3N5O3/c1-15-9-21(37-14-25(24(35)36)7-4-8-25)30-12-18(15)16-10-31-22(32-11-16)23-33-13-20(34-23)17-5-2-3-6-19(17)26(27,28)29/h2-3,5-6,9-13H,4,7-8,14H2,1H3,(H,33,34)(H,35,36). The number of nitrogens with zero attached hydrogens (tertiary/aromatic N) is 4. The highest BCUT2D eigenvalue weighted by Crippen LogP contribution is 2.41. The van der Waals surface area contributed by atoms with Gasteiger partial charge in [0.25, 0.3) is 0 Å². The lowest BCUT2D eigenvalue weighted by atomic mass is 9.69. The van der Waals surface area contributed by atoms with Gasteiger partial charge in [0, 0.05) is 41.3 Å². The maximum Gasteiger partial charge on any atom is 0.417 e. The Kier molecular flexibility index (Phi) is 6.14. The summed E-state index contributed by atoms with van der Waals surface area (Å²) < 4.78 is 45.8. The van der Waals surface area contributed by atoms with Crippen LogP contribution in [0.1, 0.15) is 30.4 Å². The zero-order valence-corrected chi connectivity index (χ0v) is 19.7. The molecule has 0 saturated heterocycles. The van der Waals surface area contributed by atoms with Crippen LogP contribution in [0.2, 0.25) is 0 Å². The van der Waals surface area contributed by atoms with Crippen LogP contribution in [0.3, 0.4) is 0 Å². The minimum Gasteiger partial charge on any atom is -0.481 e. The molecule has 8 nitrogen and oxygen atoms in total. The number of benzene rings is 1. The molecule has 0 atom stereocenters. The molecule has 37 heavy (non-hydrogen) atoms. The van der Waals surface area contributed by atoms with E-state index in [0.29, 0.717) is 24.3 Å². The fourth-order valence-corrected chi connectivity index (χ4v) is 4.27. The summed E-state index contributed by atoms with van der Waals surface area (Å²) in [5, 5.41) is 9.45. The highest BCUT2D eigenvalue weighted by molar-refractivity contribution is 5.76. The van der Waals surface area contributed by atoms with Gasteiger partial charge in [-0.1, -0.05) is 24.6 Å². The molecular weight excluding hydrogens is 487 g/mol. The predicted octanol–water partition coefficient (Wildman–Crippen LogP) is 5.56. The van der Waals surface area contributed by atoms with Crippen LogP contribution in [0.15, 0.2) is 55.1 Å². The highest BCUT2D eigenvalue weighted by atomic mass is 19.4. The second-order valence-corrected chi connectivity index (χ2v) is 9.05. The molecule has 1 fully saturated rings. The molecule has 11 heteroatoms. The van der Waals surface area contributed by atoms with Crippen molar-refractivity contribution in [3.8, 4) is 39.9 Å². The number of carboxylic acid groups (broad SMARTS) is 1. The van der Waals surface area contributed by atoms with Crippen molar-refractivity contribution in [3.05, 3.63) is 66.2 Å². The summed E-state index contributed by atoms with van der Waals surface area (Å²) in [7, 11) is 0. The summed E-state index contributed by atoms with van der Waals surface area (Å²) in [5.41, 5.74) is 0.869. The first-order valence-corrected chi connectivity index (χ1v) is 11.5. The van der Waals surface area contributed by atoms with E-state index in [-0.39, 0.29) is 29.5 Å². The molecular formula is C26H22F3N5O3. The Balaban J connectivity index is 1.32. The van der Waals surface area contributed by atoms with E-state index in [1.165, 1.54) is 24.4 Å². The number of aliphatic carboxylic acids is 1. The Labute approximate surface area is 209 Å². The van der Waals surface area contributed by atoms with Crippen molar-refractivity contribution in [1.82, 2.24) is 24.9 Å². The lowest BCUT2D eigenvalue weighted by Gasteiger charge is -2.36. The van der Waals surface area contributed by atoms with E-state index >= 15 is 0 Å². The lowest BCUT2D eigenvalue weighted by Crippen LogP contribution is -2.43. The van der Waals surface area contributed by atoms with Crippen LogP contribution in [-0.4, -0.2) is 42.6 Å². The number of ether oxygens (including phenoxy) is 1. The van der Waals surface area contributed by atoms with Crippen molar-refractivity contribution >= 4 is 5.97 Å². The molecule has 2 N–H and O–H groups in total. The van der Waals surface area contributed by atoms with Crippen LogP contribution in [0.4, 0.5) is 13.2 Å². The summed E-state index contributed by atoms with van der Waals surface area (Å²) in [6.45, 7) is 1.94. The Morgan fingerprint density at radius 3 is 2.41 bits per heavy atom. The fraction of sp³-hybridized carbons (Fsp3) is 0.269. The summed E-state index contributed by atoms with van der Waals surface area (Å²) in [6.07, 6.45) is 3.64. The van der Waals surface area contributed by atoms with Crippen molar-refractivity contribution < 1.29 is 27.8 Å². The number of aromatic nitrogens is 5. The maximum absolute atomic E-state index is 13.4. The fourth-order valence-electron chi connectivity index (χ4n) is 4.27. The average molecular weight is 509 g/mol. The molecule has 1 saturated carbocycles. The van der Waals surface area contributed by atoms with Crippen molar-refractivity contribution in [2.24, 2.45) is 5.41 Å². The number of aryl methyl sites for hydroxylation is 1. The van der Waals surface area contributed by atoms with Crippen LogP contribution >= 0.6 is 0 Å². The number of rotatable bonds is 7. The van der Waals surface area contributed by atoms with Gasteiger partial charge in [-0.05, 0) is 31.4 Å². The second-order valence-electron chi connectivity index (χ2n) is 9.05. The molecule has 0 spiro atoms. The summed E-state index contributed by atoms with van der Waals surface area (Å²) in [6, 6.07) is 6.99. The predicted molar refractivity (Wildman–Crippen MR) is 127 cm³/mol. The Morgan fingerprint density at radius 1 is 1.05 bits per heavy atom. The second kappa shape index (κ2) is 9.30. The molecule has 0 unspecified atom stereocenters. The van der Waals surface area contributed by atoms with Gasteiger partial charge >= 0.3 is 12.1 Å². The Hall–Kier alpha value is -4.28. The number of hydrogen-bond acceptors (Lipinski definition) is 6. The molecule has 0 radical (unpaired) electrons. The van der Waals surface area contributed by atoms with E-state index in [1.807, 2.05) is 6.92 Å².